The molecule has 1 aromatic heterocycles. The number of nitrogens with two attached hydrogens (primary N) is 1. The third-order valence-corrected chi connectivity index (χ3v) is 2.55. The summed E-state index contributed by atoms with van der Waals surface area (Å²) < 4.78 is 0. The fourth-order valence-electron chi connectivity index (χ4n) is 1.41. The summed E-state index contributed by atoms with van der Waals surface area (Å²) in [4.78, 5) is 4.22. The molecule has 80 valence electrons. The SMILES string of the molecule is N=C(N)c1ccnc(-c2ccccc2Cl)c1. The molecule has 0 saturated carbocycles. The van der Waals surface area contributed by atoms with Gasteiger partial charge in [0, 0.05) is 22.3 Å². The minimum atomic E-state index is 0.0238. The van der Waals surface area contributed by atoms with Gasteiger partial charge in [0.05, 0.1) is 5.69 Å². The van der Waals surface area contributed by atoms with E-state index < -0.39 is 0 Å². The first-order valence-electron chi connectivity index (χ1n) is 4.74. The van der Waals surface area contributed by atoms with Crippen molar-refractivity contribution < 1.29 is 0 Å². The highest BCUT2D eigenvalue weighted by molar-refractivity contribution is 6.33. The maximum Gasteiger partial charge on any atom is 0.122 e. The summed E-state index contributed by atoms with van der Waals surface area (Å²) >= 11 is 6.07. The van der Waals surface area contributed by atoms with Gasteiger partial charge in [-0.25, -0.2) is 0 Å². The average Bonchev–Trinajstić information content (AvgIpc) is 2.30. The Hall–Kier alpha value is -1.87. The van der Waals surface area contributed by atoms with Gasteiger partial charge in [-0.15, -0.1) is 0 Å². The van der Waals surface area contributed by atoms with E-state index in [-0.39, 0.29) is 5.84 Å². The average molecular weight is 232 g/mol. The molecule has 2 aromatic rings. The molecule has 0 radical (unpaired) electrons. The summed E-state index contributed by atoms with van der Waals surface area (Å²) in [5.41, 5.74) is 7.63. The van der Waals surface area contributed by atoms with Crippen molar-refractivity contribution in [1.29, 1.82) is 5.41 Å². The van der Waals surface area contributed by atoms with Gasteiger partial charge in [-0.2, -0.15) is 0 Å². The highest BCUT2D eigenvalue weighted by Gasteiger charge is 2.05. The molecule has 0 spiro atoms. The van der Waals surface area contributed by atoms with Crippen molar-refractivity contribution >= 4 is 17.4 Å². The summed E-state index contributed by atoms with van der Waals surface area (Å²) in [6, 6.07) is 10.9. The minimum absolute atomic E-state index is 0.0238. The zero-order valence-electron chi connectivity index (χ0n) is 8.44. The molecule has 16 heavy (non-hydrogen) atoms. The summed E-state index contributed by atoms with van der Waals surface area (Å²) in [6.45, 7) is 0. The number of pyridine rings is 1. The third-order valence-electron chi connectivity index (χ3n) is 2.22. The topological polar surface area (TPSA) is 62.8 Å². The van der Waals surface area contributed by atoms with E-state index in [1.165, 1.54) is 0 Å². The van der Waals surface area contributed by atoms with E-state index in [9.17, 15) is 0 Å². The molecule has 0 bridgehead atoms. The predicted molar refractivity (Wildman–Crippen MR) is 65.7 cm³/mol. The lowest BCUT2D eigenvalue weighted by Crippen LogP contribution is -2.11. The van der Waals surface area contributed by atoms with Crippen molar-refractivity contribution in [2.75, 3.05) is 0 Å². The first-order chi connectivity index (χ1) is 7.68. The standard InChI is InChI=1S/C12H10ClN3/c13-10-4-2-1-3-9(10)11-7-8(12(14)15)5-6-16-11/h1-7H,(H3,14,15). The molecule has 0 aliphatic heterocycles. The zero-order valence-corrected chi connectivity index (χ0v) is 9.20. The van der Waals surface area contributed by atoms with Crippen LogP contribution in [0.3, 0.4) is 0 Å². The van der Waals surface area contributed by atoms with E-state index in [2.05, 4.69) is 4.98 Å². The molecule has 0 unspecified atom stereocenters. The van der Waals surface area contributed by atoms with Gasteiger partial charge in [0.1, 0.15) is 5.84 Å². The van der Waals surface area contributed by atoms with Crippen LogP contribution in [0.1, 0.15) is 5.56 Å². The summed E-state index contributed by atoms with van der Waals surface area (Å²) in [5, 5.41) is 8.00. The second-order valence-corrected chi connectivity index (χ2v) is 3.73. The lowest BCUT2D eigenvalue weighted by atomic mass is 10.1. The van der Waals surface area contributed by atoms with Crippen LogP contribution < -0.4 is 5.73 Å². The minimum Gasteiger partial charge on any atom is -0.384 e. The molecule has 1 aromatic carbocycles. The highest BCUT2D eigenvalue weighted by Crippen LogP contribution is 2.25. The molecule has 0 atom stereocenters. The number of amidine groups is 1. The lowest BCUT2D eigenvalue weighted by Gasteiger charge is -2.05. The quantitative estimate of drug-likeness (QED) is 0.617. The maximum atomic E-state index is 7.37. The van der Waals surface area contributed by atoms with Crippen LogP contribution in [0.5, 0.6) is 0 Å². The van der Waals surface area contributed by atoms with Gasteiger partial charge in [-0.05, 0) is 18.2 Å². The van der Waals surface area contributed by atoms with Crippen molar-refractivity contribution in [3.63, 3.8) is 0 Å². The van der Waals surface area contributed by atoms with E-state index in [4.69, 9.17) is 22.7 Å². The number of rotatable bonds is 2. The molecule has 4 heteroatoms. The predicted octanol–water partition coefficient (Wildman–Crippen LogP) is 2.69. The molecule has 0 saturated heterocycles. The third kappa shape index (κ3) is 2.04. The van der Waals surface area contributed by atoms with Crippen LogP contribution in [-0.4, -0.2) is 10.8 Å². The molecule has 0 aliphatic rings. The van der Waals surface area contributed by atoms with Gasteiger partial charge >= 0.3 is 0 Å². The van der Waals surface area contributed by atoms with E-state index in [0.717, 1.165) is 11.3 Å². The van der Waals surface area contributed by atoms with Crippen LogP contribution in [0.25, 0.3) is 11.3 Å². The van der Waals surface area contributed by atoms with Gasteiger partial charge in [-0.1, -0.05) is 29.8 Å². The Labute approximate surface area is 98.4 Å². The van der Waals surface area contributed by atoms with Crippen LogP contribution in [0.2, 0.25) is 5.02 Å². The second-order valence-electron chi connectivity index (χ2n) is 3.32. The number of benzene rings is 1. The second kappa shape index (κ2) is 4.33. The molecular formula is C12H10ClN3. The zero-order chi connectivity index (χ0) is 11.5. The van der Waals surface area contributed by atoms with Crippen LogP contribution in [-0.2, 0) is 0 Å². The molecule has 0 aliphatic carbocycles. The Balaban J connectivity index is 2.53. The Morgan fingerprint density at radius 2 is 2.00 bits per heavy atom. The van der Waals surface area contributed by atoms with Crippen LogP contribution in [0, 0.1) is 5.41 Å². The number of nitrogen functional groups attached to an aromatic ring is 1. The van der Waals surface area contributed by atoms with E-state index in [1.54, 1.807) is 24.4 Å². The van der Waals surface area contributed by atoms with Gasteiger partial charge in [-0.3, -0.25) is 10.4 Å². The molecule has 1 heterocycles. The molecular weight excluding hydrogens is 222 g/mol. The summed E-state index contributed by atoms with van der Waals surface area (Å²) in [7, 11) is 0. The van der Waals surface area contributed by atoms with Gasteiger partial charge < -0.3 is 5.73 Å². The molecule has 3 N–H and O–H groups in total. The Morgan fingerprint density at radius 3 is 2.69 bits per heavy atom. The van der Waals surface area contributed by atoms with Crippen LogP contribution in [0.15, 0.2) is 42.6 Å². The van der Waals surface area contributed by atoms with Crippen LogP contribution in [0.4, 0.5) is 0 Å². The first kappa shape index (κ1) is 10.6. The highest BCUT2D eigenvalue weighted by atomic mass is 35.5. The van der Waals surface area contributed by atoms with Crippen molar-refractivity contribution in [2.24, 2.45) is 5.73 Å². The summed E-state index contributed by atoms with van der Waals surface area (Å²) in [6.07, 6.45) is 1.62. The van der Waals surface area contributed by atoms with Gasteiger partial charge in [0.2, 0.25) is 0 Å². The van der Waals surface area contributed by atoms with E-state index in [1.807, 2.05) is 18.2 Å². The van der Waals surface area contributed by atoms with Crippen molar-refractivity contribution in [2.45, 2.75) is 0 Å². The Kier molecular flexibility index (Phi) is 2.88. The monoisotopic (exact) mass is 231 g/mol. The lowest BCUT2D eigenvalue weighted by molar-refractivity contribution is 1.30. The normalized spacial score (nSPS) is 10.1. The maximum absolute atomic E-state index is 7.37. The molecule has 0 amide bonds. The van der Waals surface area contributed by atoms with Crippen molar-refractivity contribution in [1.82, 2.24) is 4.98 Å². The fourth-order valence-corrected chi connectivity index (χ4v) is 1.65. The largest absolute Gasteiger partial charge is 0.384 e. The van der Waals surface area contributed by atoms with E-state index >= 15 is 0 Å². The van der Waals surface area contributed by atoms with Crippen LogP contribution >= 0.6 is 11.6 Å². The number of nitrogens with zero attached hydrogens (tertiary/aromatic N) is 1. The van der Waals surface area contributed by atoms with Gasteiger partial charge in [0.15, 0.2) is 0 Å². The van der Waals surface area contributed by atoms with E-state index in [0.29, 0.717) is 10.6 Å². The number of hydrogen-bond donors (Lipinski definition) is 2. The Bertz CT molecular complexity index is 537. The molecule has 2 rings (SSSR count). The summed E-state index contributed by atoms with van der Waals surface area (Å²) in [5.74, 6) is 0.0238. The van der Waals surface area contributed by atoms with Gasteiger partial charge in [0.25, 0.3) is 0 Å². The van der Waals surface area contributed by atoms with Crippen molar-refractivity contribution in [3.8, 4) is 11.3 Å². The number of hydrogen-bond acceptors (Lipinski definition) is 2. The smallest absolute Gasteiger partial charge is 0.122 e. The van der Waals surface area contributed by atoms with Crippen molar-refractivity contribution in [3.05, 3.63) is 53.2 Å². The molecule has 3 nitrogen and oxygen atoms in total. The molecule has 0 fully saturated rings. The fraction of sp³-hybridized carbons (Fsp3) is 0. The number of halogens is 1. The Morgan fingerprint density at radius 1 is 1.25 bits per heavy atom. The number of aromatic nitrogens is 1. The first-order valence-corrected chi connectivity index (χ1v) is 5.11. The number of nitrogens with one attached hydrogen (secondary N) is 1.